The Hall–Kier alpha value is -1.75. The van der Waals surface area contributed by atoms with Crippen molar-refractivity contribution in [1.29, 1.82) is 0 Å². The van der Waals surface area contributed by atoms with Gasteiger partial charge in [0.1, 0.15) is 0 Å². The largest absolute Gasteiger partial charge is 0.456 e. The summed E-state index contributed by atoms with van der Waals surface area (Å²) in [7, 11) is 0. The molecule has 0 amide bonds. The van der Waals surface area contributed by atoms with Gasteiger partial charge in [-0.3, -0.25) is 9.59 Å². The molecule has 0 unspecified atom stereocenters. The fourth-order valence-corrected chi connectivity index (χ4v) is 2.69. The Bertz CT molecular complexity index is 534. The van der Waals surface area contributed by atoms with Crippen LogP contribution in [-0.4, -0.2) is 30.8 Å². The number of piperidine rings is 1. The Morgan fingerprint density at radius 2 is 1.95 bits per heavy atom. The Morgan fingerprint density at radius 1 is 1.24 bits per heavy atom. The van der Waals surface area contributed by atoms with E-state index in [2.05, 4.69) is 0 Å². The van der Waals surface area contributed by atoms with Crippen molar-refractivity contribution in [2.24, 2.45) is 0 Å². The molecule has 0 aliphatic carbocycles. The number of carbonyl (C=O) groups excluding carboxylic acids is 2. The highest BCUT2D eigenvalue weighted by atomic mass is 35.5. The molecule has 1 heterocycles. The zero-order chi connectivity index (χ0) is 15.4. The quantitative estimate of drug-likeness (QED) is 0.803. The highest BCUT2D eigenvalue weighted by Gasteiger charge is 2.36. The lowest BCUT2D eigenvalue weighted by Crippen LogP contribution is -2.52. The summed E-state index contributed by atoms with van der Waals surface area (Å²) >= 11 is 6.02. The van der Waals surface area contributed by atoms with Crippen LogP contribution in [0.25, 0.3) is 0 Å². The number of carbonyl (C=O) groups is 2. The van der Waals surface area contributed by atoms with Crippen LogP contribution in [0.5, 0.6) is 0 Å². The second-order valence-electron chi connectivity index (χ2n) is 4.96. The zero-order valence-corrected chi connectivity index (χ0v) is 12.8. The van der Waals surface area contributed by atoms with E-state index < -0.39 is 18.3 Å². The number of benzene rings is 1. The van der Waals surface area contributed by atoms with Crippen molar-refractivity contribution in [3.8, 4) is 0 Å². The zero-order valence-electron chi connectivity index (χ0n) is 12.0. The van der Waals surface area contributed by atoms with E-state index in [1.807, 2.05) is 17.0 Å². The van der Waals surface area contributed by atoms with Gasteiger partial charge in [-0.2, -0.15) is 0 Å². The van der Waals surface area contributed by atoms with Gasteiger partial charge in [-0.1, -0.05) is 17.7 Å². The molecule has 0 N–H and O–H groups in total. The first-order chi connectivity index (χ1) is 9.97. The van der Waals surface area contributed by atoms with Crippen LogP contribution < -0.4 is 4.90 Å². The van der Waals surface area contributed by atoms with Crippen LogP contribution in [0.2, 0.25) is 5.02 Å². The molecule has 0 bridgehead atoms. The van der Waals surface area contributed by atoms with Crippen LogP contribution in [0.15, 0.2) is 24.3 Å². The molecule has 2 rings (SSSR count). The van der Waals surface area contributed by atoms with E-state index in [0.29, 0.717) is 18.0 Å². The standard InChI is InChI=1S/C15H18ClNO4/c1-10(18)20-14-7-4-8-17(15(14)21-11(2)19)13-6-3-5-12(16)9-13/h3,5-6,9,14-15H,4,7-8H2,1-2H3/t14-,15-/m0/s1. The van der Waals surface area contributed by atoms with E-state index in [1.165, 1.54) is 13.8 Å². The molecule has 0 saturated carbocycles. The number of hydrogen-bond acceptors (Lipinski definition) is 5. The summed E-state index contributed by atoms with van der Waals surface area (Å²) in [6, 6.07) is 7.30. The van der Waals surface area contributed by atoms with Gasteiger partial charge in [-0.25, -0.2) is 0 Å². The lowest BCUT2D eigenvalue weighted by Gasteiger charge is -2.40. The fraction of sp³-hybridized carbons (Fsp3) is 0.467. The van der Waals surface area contributed by atoms with Crippen LogP contribution in [0, 0.1) is 0 Å². The third-order valence-electron chi connectivity index (χ3n) is 3.26. The van der Waals surface area contributed by atoms with E-state index in [9.17, 15) is 9.59 Å². The molecule has 0 spiro atoms. The van der Waals surface area contributed by atoms with Gasteiger partial charge in [0.2, 0.25) is 6.23 Å². The van der Waals surface area contributed by atoms with Gasteiger partial charge < -0.3 is 14.4 Å². The van der Waals surface area contributed by atoms with Gasteiger partial charge >= 0.3 is 11.9 Å². The minimum Gasteiger partial charge on any atom is -0.456 e. The van der Waals surface area contributed by atoms with E-state index >= 15 is 0 Å². The molecular weight excluding hydrogens is 294 g/mol. The third kappa shape index (κ3) is 4.11. The average Bonchev–Trinajstić information content (AvgIpc) is 2.39. The van der Waals surface area contributed by atoms with Crippen LogP contribution in [0.1, 0.15) is 26.7 Å². The van der Waals surface area contributed by atoms with Crippen LogP contribution in [0.3, 0.4) is 0 Å². The molecule has 21 heavy (non-hydrogen) atoms. The molecule has 1 fully saturated rings. The maximum atomic E-state index is 11.4. The topological polar surface area (TPSA) is 55.8 Å². The number of anilines is 1. The molecule has 1 aliphatic heterocycles. The van der Waals surface area contributed by atoms with E-state index in [1.54, 1.807) is 12.1 Å². The molecule has 1 saturated heterocycles. The monoisotopic (exact) mass is 311 g/mol. The molecule has 2 atom stereocenters. The highest BCUT2D eigenvalue weighted by Crippen LogP contribution is 2.29. The normalized spacial score (nSPS) is 21.8. The minimum atomic E-state index is -0.626. The lowest BCUT2D eigenvalue weighted by atomic mass is 10.0. The second-order valence-corrected chi connectivity index (χ2v) is 5.40. The summed E-state index contributed by atoms with van der Waals surface area (Å²) in [6.45, 7) is 3.40. The van der Waals surface area contributed by atoms with Crippen LogP contribution in [0.4, 0.5) is 5.69 Å². The first-order valence-electron chi connectivity index (χ1n) is 6.84. The summed E-state index contributed by atoms with van der Waals surface area (Å²) in [6.07, 6.45) is 0.398. The molecule has 5 nitrogen and oxygen atoms in total. The van der Waals surface area contributed by atoms with Gasteiger partial charge in [0.15, 0.2) is 6.10 Å². The SMILES string of the molecule is CC(=O)O[C@H]1CCCN(c2cccc(Cl)c2)[C@H]1OC(C)=O. The van der Waals surface area contributed by atoms with E-state index in [-0.39, 0.29) is 5.97 Å². The number of esters is 2. The maximum Gasteiger partial charge on any atom is 0.304 e. The Labute approximate surface area is 128 Å². The van der Waals surface area contributed by atoms with Gasteiger partial charge in [-0.15, -0.1) is 0 Å². The van der Waals surface area contributed by atoms with E-state index in [0.717, 1.165) is 12.1 Å². The molecule has 114 valence electrons. The molecule has 0 aromatic heterocycles. The smallest absolute Gasteiger partial charge is 0.304 e. The van der Waals surface area contributed by atoms with Crippen molar-refractivity contribution in [3.63, 3.8) is 0 Å². The number of rotatable bonds is 3. The number of ether oxygens (including phenoxy) is 2. The van der Waals surface area contributed by atoms with Crippen LogP contribution in [-0.2, 0) is 19.1 Å². The second kappa shape index (κ2) is 6.80. The molecular formula is C15H18ClNO4. The average molecular weight is 312 g/mol. The predicted octanol–water partition coefficient (Wildman–Crippen LogP) is 2.76. The maximum absolute atomic E-state index is 11.4. The predicted molar refractivity (Wildman–Crippen MR) is 79.1 cm³/mol. The summed E-state index contributed by atoms with van der Waals surface area (Å²) in [5.41, 5.74) is 0.839. The van der Waals surface area contributed by atoms with Crippen molar-refractivity contribution in [2.45, 2.75) is 39.0 Å². The van der Waals surface area contributed by atoms with Gasteiger partial charge in [-0.05, 0) is 31.0 Å². The van der Waals surface area contributed by atoms with Gasteiger partial charge in [0.25, 0.3) is 0 Å². The summed E-state index contributed by atoms with van der Waals surface area (Å²) in [4.78, 5) is 24.5. The van der Waals surface area contributed by atoms with Crippen LogP contribution >= 0.6 is 11.6 Å². The van der Waals surface area contributed by atoms with E-state index in [4.69, 9.17) is 21.1 Å². The Balaban J connectivity index is 2.27. The van der Waals surface area contributed by atoms with Crippen molar-refractivity contribution < 1.29 is 19.1 Å². The van der Waals surface area contributed by atoms with Crippen molar-refractivity contribution in [1.82, 2.24) is 0 Å². The summed E-state index contributed by atoms with van der Waals surface area (Å²) in [5, 5.41) is 0.601. The number of nitrogens with zero attached hydrogens (tertiary/aromatic N) is 1. The molecule has 0 radical (unpaired) electrons. The molecule has 1 aromatic rings. The number of hydrogen-bond donors (Lipinski definition) is 0. The minimum absolute atomic E-state index is 0.384. The van der Waals surface area contributed by atoms with Crippen molar-refractivity contribution >= 4 is 29.2 Å². The summed E-state index contributed by atoms with van der Waals surface area (Å²) < 4.78 is 10.7. The van der Waals surface area contributed by atoms with Gasteiger partial charge in [0, 0.05) is 31.1 Å². The first-order valence-corrected chi connectivity index (χ1v) is 7.22. The number of halogens is 1. The molecule has 1 aliphatic rings. The van der Waals surface area contributed by atoms with Crippen molar-refractivity contribution in [2.75, 3.05) is 11.4 Å². The summed E-state index contributed by atoms with van der Waals surface area (Å²) in [5.74, 6) is -0.795. The highest BCUT2D eigenvalue weighted by molar-refractivity contribution is 6.30. The lowest BCUT2D eigenvalue weighted by molar-refractivity contribution is -0.167. The van der Waals surface area contributed by atoms with Gasteiger partial charge in [0.05, 0.1) is 0 Å². The molecule has 6 heteroatoms. The first kappa shape index (κ1) is 15.6. The Morgan fingerprint density at radius 3 is 2.57 bits per heavy atom. The Kier molecular flexibility index (Phi) is 5.07. The fourth-order valence-electron chi connectivity index (χ4n) is 2.50. The third-order valence-corrected chi connectivity index (χ3v) is 3.49. The van der Waals surface area contributed by atoms with Crippen molar-refractivity contribution in [3.05, 3.63) is 29.3 Å². The molecule has 1 aromatic carbocycles.